The Morgan fingerprint density at radius 2 is 2.17 bits per heavy atom. The summed E-state index contributed by atoms with van der Waals surface area (Å²) in [6.07, 6.45) is 3.57. The predicted molar refractivity (Wildman–Crippen MR) is 69.5 cm³/mol. The molecule has 4 heteroatoms. The van der Waals surface area contributed by atoms with Gasteiger partial charge in [0.2, 0.25) is 6.08 Å². The number of isocyanates is 1. The van der Waals surface area contributed by atoms with E-state index in [4.69, 9.17) is 0 Å². The molecule has 1 saturated carbocycles. The Balaban J connectivity index is 2.09. The van der Waals surface area contributed by atoms with Crippen molar-refractivity contribution < 1.29 is 4.79 Å². The van der Waals surface area contributed by atoms with E-state index in [0.717, 1.165) is 42.9 Å². The maximum Gasteiger partial charge on any atom is 0.235 e. The highest BCUT2D eigenvalue weighted by Crippen LogP contribution is 2.50. The molecule has 1 aliphatic carbocycles. The molecule has 2 aliphatic rings. The van der Waals surface area contributed by atoms with Crippen molar-refractivity contribution in [2.75, 3.05) is 20.1 Å². The fourth-order valence-corrected chi connectivity index (χ4v) is 2.55. The summed E-state index contributed by atoms with van der Waals surface area (Å²) in [6, 6.07) is 8.12. The first-order chi connectivity index (χ1) is 8.77. The molecule has 1 heterocycles. The minimum Gasteiger partial charge on any atom is -0.358 e. The van der Waals surface area contributed by atoms with Gasteiger partial charge in [-0.15, -0.1) is 0 Å². The smallest absolute Gasteiger partial charge is 0.235 e. The van der Waals surface area contributed by atoms with Gasteiger partial charge in [0.05, 0.1) is 12.1 Å². The highest BCUT2D eigenvalue weighted by molar-refractivity contribution is 6.01. The van der Waals surface area contributed by atoms with Crippen molar-refractivity contribution in [3.05, 3.63) is 35.4 Å². The molecule has 1 aromatic rings. The highest BCUT2D eigenvalue weighted by atomic mass is 16.1. The van der Waals surface area contributed by atoms with E-state index < -0.39 is 0 Å². The Labute approximate surface area is 106 Å². The molecular weight excluding hydrogens is 226 g/mol. The molecular formula is C14H15N3O. The van der Waals surface area contributed by atoms with Crippen LogP contribution in [0.1, 0.15) is 24.0 Å². The number of benzene rings is 1. The van der Waals surface area contributed by atoms with E-state index in [-0.39, 0.29) is 5.54 Å². The topological polar surface area (TPSA) is 45.0 Å². The van der Waals surface area contributed by atoms with Crippen LogP contribution in [0.4, 0.5) is 0 Å². The second-order valence-electron chi connectivity index (χ2n) is 4.91. The quantitative estimate of drug-likeness (QED) is 0.597. The summed E-state index contributed by atoms with van der Waals surface area (Å²) < 4.78 is 0. The van der Waals surface area contributed by atoms with Crippen molar-refractivity contribution in [1.82, 2.24) is 4.90 Å². The van der Waals surface area contributed by atoms with E-state index in [1.807, 2.05) is 19.2 Å². The molecule has 0 unspecified atom stereocenters. The number of hydrogen-bond donors (Lipinski definition) is 0. The van der Waals surface area contributed by atoms with Crippen molar-refractivity contribution in [3.8, 4) is 0 Å². The summed E-state index contributed by atoms with van der Waals surface area (Å²) in [6.45, 7) is 1.79. The SMILES string of the molecule is CN1CCN=C1c1ccccc1C1(N=C=O)CC1. The molecule has 18 heavy (non-hydrogen) atoms. The number of amidine groups is 1. The third kappa shape index (κ3) is 1.66. The molecule has 0 saturated heterocycles. The standard InChI is InChI=1S/C14H15N3O/c1-17-9-8-15-13(17)11-4-2-3-5-12(11)14(6-7-14)16-10-18/h2-5H,6-9H2,1H3. The summed E-state index contributed by atoms with van der Waals surface area (Å²) in [5.41, 5.74) is 1.89. The maximum atomic E-state index is 10.6. The molecule has 1 aromatic carbocycles. The fourth-order valence-electron chi connectivity index (χ4n) is 2.55. The van der Waals surface area contributed by atoms with Crippen LogP contribution < -0.4 is 0 Å². The zero-order chi connectivity index (χ0) is 12.6. The van der Waals surface area contributed by atoms with Crippen LogP contribution in [0.15, 0.2) is 34.3 Å². The van der Waals surface area contributed by atoms with Crippen LogP contribution in [-0.2, 0) is 10.3 Å². The summed E-state index contributed by atoms with van der Waals surface area (Å²) >= 11 is 0. The zero-order valence-corrected chi connectivity index (χ0v) is 10.4. The van der Waals surface area contributed by atoms with Gasteiger partial charge in [-0.05, 0) is 18.4 Å². The highest BCUT2D eigenvalue weighted by Gasteiger charge is 2.46. The molecule has 0 amide bonds. The van der Waals surface area contributed by atoms with Crippen molar-refractivity contribution >= 4 is 11.9 Å². The van der Waals surface area contributed by atoms with Crippen LogP contribution in [-0.4, -0.2) is 37.0 Å². The Kier molecular flexibility index (Phi) is 2.53. The first-order valence-corrected chi connectivity index (χ1v) is 6.21. The van der Waals surface area contributed by atoms with Crippen molar-refractivity contribution in [2.45, 2.75) is 18.4 Å². The lowest BCUT2D eigenvalue weighted by atomic mass is 9.97. The molecule has 3 rings (SSSR count). The Morgan fingerprint density at radius 3 is 2.78 bits per heavy atom. The average Bonchev–Trinajstić information content (AvgIpc) is 3.04. The Bertz CT molecular complexity index is 554. The van der Waals surface area contributed by atoms with Crippen LogP contribution in [0.25, 0.3) is 0 Å². The molecule has 92 valence electrons. The first-order valence-electron chi connectivity index (χ1n) is 6.21. The van der Waals surface area contributed by atoms with Crippen LogP contribution >= 0.6 is 0 Å². The van der Waals surface area contributed by atoms with Crippen LogP contribution in [0.2, 0.25) is 0 Å². The van der Waals surface area contributed by atoms with Crippen LogP contribution in [0.3, 0.4) is 0 Å². The van der Waals surface area contributed by atoms with Crippen molar-refractivity contribution in [2.24, 2.45) is 9.98 Å². The van der Waals surface area contributed by atoms with Gasteiger partial charge in [-0.25, -0.2) is 4.79 Å². The molecule has 1 aliphatic heterocycles. The molecule has 0 radical (unpaired) electrons. The average molecular weight is 241 g/mol. The van der Waals surface area contributed by atoms with Gasteiger partial charge in [0.1, 0.15) is 5.84 Å². The minimum atomic E-state index is -0.329. The van der Waals surface area contributed by atoms with E-state index in [2.05, 4.69) is 27.0 Å². The van der Waals surface area contributed by atoms with E-state index in [1.54, 1.807) is 6.08 Å². The summed E-state index contributed by atoms with van der Waals surface area (Å²) in [5.74, 6) is 1.01. The number of nitrogens with zero attached hydrogens (tertiary/aromatic N) is 3. The molecule has 1 fully saturated rings. The van der Waals surface area contributed by atoms with Crippen LogP contribution in [0, 0.1) is 0 Å². The molecule has 0 aromatic heterocycles. The fraction of sp³-hybridized carbons (Fsp3) is 0.429. The predicted octanol–water partition coefficient (Wildman–Crippen LogP) is 1.70. The first kappa shape index (κ1) is 11.2. The number of carbonyl (C=O) groups excluding carboxylic acids is 1. The van der Waals surface area contributed by atoms with E-state index >= 15 is 0 Å². The third-order valence-electron chi connectivity index (χ3n) is 3.71. The second kappa shape index (κ2) is 4.07. The number of hydrogen-bond acceptors (Lipinski definition) is 4. The third-order valence-corrected chi connectivity index (χ3v) is 3.71. The van der Waals surface area contributed by atoms with Gasteiger partial charge in [0, 0.05) is 19.2 Å². The molecule has 0 spiro atoms. The summed E-state index contributed by atoms with van der Waals surface area (Å²) in [7, 11) is 2.05. The largest absolute Gasteiger partial charge is 0.358 e. The Morgan fingerprint density at radius 1 is 1.39 bits per heavy atom. The monoisotopic (exact) mass is 241 g/mol. The Hall–Kier alpha value is -1.93. The summed E-state index contributed by atoms with van der Waals surface area (Å²) in [4.78, 5) is 21.3. The summed E-state index contributed by atoms with van der Waals surface area (Å²) in [5, 5.41) is 0. The second-order valence-corrected chi connectivity index (χ2v) is 4.91. The maximum absolute atomic E-state index is 10.6. The zero-order valence-electron chi connectivity index (χ0n) is 10.4. The van der Waals surface area contributed by atoms with Gasteiger partial charge >= 0.3 is 0 Å². The van der Waals surface area contributed by atoms with Gasteiger partial charge in [-0.2, -0.15) is 4.99 Å². The van der Waals surface area contributed by atoms with E-state index in [0.29, 0.717) is 0 Å². The lowest BCUT2D eigenvalue weighted by Crippen LogP contribution is -2.25. The van der Waals surface area contributed by atoms with Gasteiger partial charge in [-0.3, -0.25) is 4.99 Å². The molecule has 0 N–H and O–H groups in total. The van der Waals surface area contributed by atoms with Gasteiger partial charge in [0.25, 0.3) is 0 Å². The van der Waals surface area contributed by atoms with E-state index in [9.17, 15) is 4.79 Å². The number of aliphatic imine (C=N–C) groups is 2. The van der Waals surface area contributed by atoms with Gasteiger partial charge in [-0.1, -0.05) is 24.3 Å². The van der Waals surface area contributed by atoms with E-state index in [1.165, 1.54) is 0 Å². The number of likely N-dealkylation sites (N-methyl/N-ethyl adjacent to an activating group) is 1. The molecule has 0 atom stereocenters. The van der Waals surface area contributed by atoms with Crippen LogP contribution in [0.5, 0.6) is 0 Å². The van der Waals surface area contributed by atoms with Gasteiger partial charge in [0.15, 0.2) is 0 Å². The minimum absolute atomic E-state index is 0.329. The van der Waals surface area contributed by atoms with Crippen molar-refractivity contribution in [1.29, 1.82) is 0 Å². The van der Waals surface area contributed by atoms with Crippen molar-refractivity contribution in [3.63, 3.8) is 0 Å². The lowest BCUT2D eigenvalue weighted by Gasteiger charge is -2.19. The lowest BCUT2D eigenvalue weighted by molar-refractivity contribution is 0.552. The van der Waals surface area contributed by atoms with Gasteiger partial charge < -0.3 is 4.90 Å². The molecule has 0 bridgehead atoms. The normalized spacial score (nSPS) is 20.3. The molecule has 4 nitrogen and oxygen atoms in total. The number of rotatable bonds is 3.